The van der Waals surface area contributed by atoms with E-state index in [1.165, 1.54) is 12.4 Å². The van der Waals surface area contributed by atoms with Crippen molar-refractivity contribution in [2.75, 3.05) is 0 Å². The second-order valence-corrected chi connectivity index (χ2v) is 3.73. The van der Waals surface area contributed by atoms with Gasteiger partial charge >= 0.3 is 0 Å². The van der Waals surface area contributed by atoms with Crippen molar-refractivity contribution in [3.05, 3.63) is 53.1 Å². The van der Waals surface area contributed by atoms with Crippen LogP contribution in [0.25, 0.3) is 0 Å². The van der Waals surface area contributed by atoms with Crippen LogP contribution in [0.15, 0.2) is 36.7 Å². The molecule has 17 heavy (non-hydrogen) atoms. The highest BCUT2D eigenvalue weighted by Gasteiger charge is 1.99. The van der Waals surface area contributed by atoms with Crippen molar-refractivity contribution in [1.29, 1.82) is 0 Å². The number of carbonyl (C=O) groups is 1. The molecule has 0 aliphatic rings. The van der Waals surface area contributed by atoms with Crippen LogP contribution in [0, 0.1) is 0 Å². The molecule has 0 bridgehead atoms. The largest absolute Gasteiger partial charge is 0.486 e. The van der Waals surface area contributed by atoms with Gasteiger partial charge in [0.25, 0.3) is 0 Å². The molecule has 1 heterocycles. The molecule has 4 nitrogen and oxygen atoms in total. The zero-order valence-corrected chi connectivity index (χ0v) is 9.59. The minimum absolute atomic E-state index is 0.236. The number of halogens is 1. The van der Waals surface area contributed by atoms with E-state index in [-0.39, 0.29) is 6.61 Å². The summed E-state index contributed by atoms with van der Waals surface area (Å²) in [5.74, 6) is 1.16. The van der Waals surface area contributed by atoms with E-state index in [0.717, 1.165) is 0 Å². The first-order chi connectivity index (χ1) is 8.28. The van der Waals surface area contributed by atoms with Crippen molar-refractivity contribution in [1.82, 2.24) is 9.97 Å². The van der Waals surface area contributed by atoms with Crippen LogP contribution in [-0.2, 0) is 6.61 Å². The summed E-state index contributed by atoms with van der Waals surface area (Å²) in [7, 11) is 0. The molecule has 0 aliphatic carbocycles. The van der Waals surface area contributed by atoms with E-state index in [4.69, 9.17) is 16.3 Å². The van der Waals surface area contributed by atoms with Crippen LogP contribution in [0.3, 0.4) is 0 Å². The molecule has 2 rings (SSSR count). The molecular formula is C12H9ClN2O2. The van der Waals surface area contributed by atoms with Crippen molar-refractivity contribution < 1.29 is 9.53 Å². The Morgan fingerprint density at radius 1 is 1.29 bits per heavy atom. The molecule has 0 saturated heterocycles. The summed E-state index contributed by atoms with van der Waals surface area (Å²) >= 11 is 5.82. The molecule has 0 spiro atoms. The van der Waals surface area contributed by atoms with E-state index in [1.54, 1.807) is 24.3 Å². The maximum absolute atomic E-state index is 10.4. The van der Waals surface area contributed by atoms with Gasteiger partial charge in [-0.15, -0.1) is 0 Å². The number of benzene rings is 1. The Bertz CT molecular complexity index is 514. The second kappa shape index (κ2) is 5.41. The van der Waals surface area contributed by atoms with Crippen LogP contribution in [0.4, 0.5) is 0 Å². The molecule has 86 valence electrons. The van der Waals surface area contributed by atoms with Gasteiger partial charge in [-0.25, -0.2) is 9.97 Å². The van der Waals surface area contributed by atoms with E-state index in [2.05, 4.69) is 9.97 Å². The van der Waals surface area contributed by atoms with Gasteiger partial charge in [-0.05, 0) is 18.2 Å². The van der Waals surface area contributed by atoms with E-state index in [0.29, 0.717) is 28.4 Å². The van der Waals surface area contributed by atoms with E-state index < -0.39 is 0 Å². The average Bonchev–Trinajstić information content (AvgIpc) is 2.37. The van der Waals surface area contributed by atoms with Crippen molar-refractivity contribution in [3.8, 4) is 5.75 Å². The molecule has 1 aromatic heterocycles. The summed E-state index contributed by atoms with van der Waals surface area (Å²) in [5, 5.41) is 0.611. The third-order valence-electron chi connectivity index (χ3n) is 2.03. The fraction of sp³-hybridized carbons (Fsp3) is 0.0833. The van der Waals surface area contributed by atoms with Crippen LogP contribution in [-0.4, -0.2) is 16.3 Å². The third kappa shape index (κ3) is 3.26. The van der Waals surface area contributed by atoms with Crippen molar-refractivity contribution in [2.45, 2.75) is 6.61 Å². The highest BCUT2D eigenvalue weighted by atomic mass is 35.5. The predicted octanol–water partition coefficient (Wildman–Crippen LogP) is 2.52. The molecular weight excluding hydrogens is 240 g/mol. The van der Waals surface area contributed by atoms with Crippen LogP contribution in [0.1, 0.15) is 16.2 Å². The Balaban J connectivity index is 1.99. The van der Waals surface area contributed by atoms with Crippen LogP contribution >= 0.6 is 11.6 Å². The average molecular weight is 249 g/mol. The Kier molecular flexibility index (Phi) is 3.67. The zero-order chi connectivity index (χ0) is 12.1. The van der Waals surface area contributed by atoms with Gasteiger partial charge in [0.1, 0.15) is 12.4 Å². The Morgan fingerprint density at radius 2 is 2.06 bits per heavy atom. The Morgan fingerprint density at radius 3 is 2.71 bits per heavy atom. The van der Waals surface area contributed by atoms with Gasteiger partial charge in [-0.2, -0.15) is 0 Å². The number of aromatic nitrogens is 2. The topological polar surface area (TPSA) is 52.1 Å². The highest BCUT2D eigenvalue weighted by molar-refractivity contribution is 6.30. The van der Waals surface area contributed by atoms with Gasteiger partial charge in [-0.3, -0.25) is 4.79 Å². The third-order valence-corrected chi connectivity index (χ3v) is 2.26. The van der Waals surface area contributed by atoms with E-state index in [9.17, 15) is 4.79 Å². The second-order valence-electron chi connectivity index (χ2n) is 3.30. The Hall–Kier alpha value is -1.94. The zero-order valence-electron chi connectivity index (χ0n) is 8.84. The molecule has 0 aliphatic heterocycles. The van der Waals surface area contributed by atoms with Crippen LogP contribution < -0.4 is 4.74 Å². The van der Waals surface area contributed by atoms with Gasteiger partial charge in [0.2, 0.25) is 0 Å². The molecule has 0 fully saturated rings. The van der Waals surface area contributed by atoms with Crippen molar-refractivity contribution >= 4 is 17.9 Å². The van der Waals surface area contributed by atoms with Crippen molar-refractivity contribution in [3.63, 3.8) is 0 Å². The number of rotatable bonds is 4. The highest BCUT2D eigenvalue weighted by Crippen LogP contribution is 2.17. The summed E-state index contributed by atoms with van der Waals surface area (Å²) in [6, 6.07) is 7.07. The number of ether oxygens (including phenoxy) is 1. The molecule has 0 atom stereocenters. The standard InChI is InChI=1S/C12H9ClN2O2/c13-10-2-1-3-11(4-10)17-8-12-14-5-9(7-16)6-15-12/h1-7H,8H2. The van der Waals surface area contributed by atoms with Gasteiger partial charge in [0, 0.05) is 17.4 Å². The van der Waals surface area contributed by atoms with Gasteiger partial charge in [0.15, 0.2) is 12.1 Å². The minimum Gasteiger partial charge on any atom is -0.486 e. The monoisotopic (exact) mass is 248 g/mol. The number of carbonyl (C=O) groups excluding carboxylic acids is 1. The summed E-state index contributed by atoms with van der Waals surface area (Å²) in [6.07, 6.45) is 3.61. The van der Waals surface area contributed by atoms with Crippen LogP contribution in [0.2, 0.25) is 5.02 Å². The fourth-order valence-corrected chi connectivity index (χ4v) is 1.39. The SMILES string of the molecule is O=Cc1cnc(COc2cccc(Cl)c2)nc1. The normalized spacial score (nSPS) is 9.94. The lowest BCUT2D eigenvalue weighted by Crippen LogP contribution is -2.01. The van der Waals surface area contributed by atoms with Gasteiger partial charge < -0.3 is 4.74 Å². The smallest absolute Gasteiger partial charge is 0.166 e. The Labute approximate surface area is 103 Å². The first kappa shape index (κ1) is 11.5. The maximum Gasteiger partial charge on any atom is 0.166 e. The minimum atomic E-state index is 0.236. The fourth-order valence-electron chi connectivity index (χ4n) is 1.20. The molecule has 0 radical (unpaired) electrons. The van der Waals surface area contributed by atoms with E-state index >= 15 is 0 Å². The summed E-state index contributed by atoms with van der Waals surface area (Å²) in [5.41, 5.74) is 0.441. The molecule has 0 N–H and O–H groups in total. The summed E-state index contributed by atoms with van der Waals surface area (Å²) in [6.45, 7) is 0.236. The lowest BCUT2D eigenvalue weighted by Gasteiger charge is -2.05. The maximum atomic E-state index is 10.4. The number of nitrogens with zero attached hydrogens (tertiary/aromatic N) is 2. The van der Waals surface area contributed by atoms with Crippen molar-refractivity contribution in [2.24, 2.45) is 0 Å². The quantitative estimate of drug-likeness (QED) is 0.780. The molecule has 1 aromatic carbocycles. The molecule has 2 aromatic rings. The molecule has 0 saturated carbocycles. The molecule has 5 heteroatoms. The number of hydrogen-bond acceptors (Lipinski definition) is 4. The predicted molar refractivity (Wildman–Crippen MR) is 63.2 cm³/mol. The molecule has 0 amide bonds. The van der Waals surface area contributed by atoms with Gasteiger partial charge in [0.05, 0.1) is 5.56 Å². The molecule has 0 unspecified atom stereocenters. The lowest BCUT2D eigenvalue weighted by atomic mass is 10.3. The summed E-state index contributed by atoms with van der Waals surface area (Å²) < 4.78 is 5.45. The first-order valence-electron chi connectivity index (χ1n) is 4.92. The lowest BCUT2D eigenvalue weighted by molar-refractivity contribution is 0.112. The number of hydrogen-bond donors (Lipinski definition) is 0. The van der Waals surface area contributed by atoms with E-state index in [1.807, 2.05) is 0 Å². The van der Waals surface area contributed by atoms with Gasteiger partial charge in [-0.1, -0.05) is 17.7 Å². The summed E-state index contributed by atoms with van der Waals surface area (Å²) in [4.78, 5) is 18.4. The number of aldehydes is 1. The first-order valence-corrected chi connectivity index (χ1v) is 5.30. The van der Waals surface area contributed by atoms with Crippen LogP contribution in [0.5, 0.6) is 5.75 Å².